The number of carbonyl (C=O) groups excluding carboxylic acids is 1. The maximum Gasteiger partial charge on any atom is 0.319 e. The Kier molecular flexibility index (Phi) is 4.77. The number of hydrogen-bond donors (Lipinski definition) is 2. The standard InChI is InChI=1S/C17H20N2O/c1-3-16(14-7-5-4-6-8-14)19-17(20)18-15-11-9-13(2)10-12-15/h4-12,16H,3H2,1-2H3,(H2,18,19,20). The lowest BCUT2D eigenvalue weighted by Gasteiger charge is -2.18. The van der Waals surface area contributed by atoms with Crippen molar-refractivity contribution < 1.29 is 4.79 Å². The molecule has 3 nitrogen and oxygen atoms in total. The number of urea groups is 1. The molecule has 0 aliphatic carbocycles. The van der Waals surface area contributed by atoms with Crippen LogP contribution in [0.2, 0.25) is 0 Å². The van der Waals surface area contributed by atoms with E-state index in [4.69, 9.17) is 0 Å². The predicted molar refractivity (Wildman–Crippen MR) is 82.8 cm³/mol. The summed E-state index contributed by atoms with van der Waals surface area (Å²) in [4.78, 5) is 12.0. The monoisotopic (exact) mass is 268 g/mol. The van der Waals surface area contributed by atoms with Crippen molar-refractivity contribution in [3.8, 4) is 0 Å². The molecule has 0 fully saturated rings. The molecule has 0 heterocycles. The minimum absolute atomic E-state index is 0.0293. The van der Waals surface area contributed by atoms with Crippen LogP contribution in [-0.2, 0) is 0 Å². The van der Waals surface area contributed by atoms with Crippen LogP contribution < -0.4 is 10.6 Å². The van der Waals surface area contributed by atoms with Crippen molar-refractivity contribution in [2.45, 2.75) is 26.3 Å². The number of rotatable bonds is 4. The SMILES string of the molecule is CCC(NC(=O)Nc1ccc(C)cc1)c1ccccc1. The smallest absolute Gasteiger partial charge is 0.319 e. The minimum Gasteiger partial charge on any atom is -0.331 e. The molecular weight excluding hydrogens is 248 g/mol. The quantitative estimate of drug-likeness (QED) is 0.854. The van der Waals surface area contributed by atoms with E-state index < -0.39 is 0 Å². The lowest BCUT2D eigenvalue weighted by Crippen LogP contribution is -2.32. The molecule has 0 spiro atoms. The molecule has 1 atom stereocenters. The van der Waals surface area contributed by atoms with Gasteiger partial charge in [0.2, 0.25) is 0 Å². The zero-order chi connectivity index (χ0) is 14.4. The Hall–Kier alpha value is -2.29. The van der Waals surface area contributed by atoms with Gasteiger partial charge in [-0.15, -0.1) is 0 Å². The highest BCUT2D eigenvalue weighted by atomic mass is 16.2. The molecule has 0 aliphatic heterocycles. The van der Waals surface area contributed by atoms with Gasteiger partial charge in [-0.1, -0.05) is 55.0 Å². The first-order valence-corrected chi connectivity index (χ1v) is 6.88. The van der Waals surface area contributed by atoms with Gasteiger partial charge in [-0.05, 0) is 31.0 Å². The molecular formula is C17H20N2O. The molecule has 0 radical (unpaired) electrons. The number of aryl methyl sites for hydroxylation is 1. The van der Waals surface area contributed by atoms with Gasteiger partial charge in [-0.25, -0.2) is 4.79 Å². The summed E-state index contributed by atoms with van der Waals surface area (Å²) in [6.45, 7) is 4.08. The molecule has 2 rings (SSSR count). The zero-order valence-corrected chi connectivity index (χ0v) is 11.9. The summed E-state index contributed by atoms with van der Waals surface area (Å²) in [5, 5.41) is 5.85. The number of benzene rings is 2. The Morgan fingerprint density at radius 3 is 2.30 bits per heavy atom. The van der Waals surface area contributed by atoms with Gasteiger partial charge in [0.15, 0.2) is 0 Å². The Balaban J connectivity index is 1.97. The summed E-state index contributed by atoms with van der Waals surface area (Å²) in [5.74, 6) is 0. The second kappa shape index (κ2) is 6.75. The van der Waals surface area contributed by atoms with Gasteiger partial charge in [0.1, 0.15) is 0 Å². The summed E-state index contributed by atoms with van der Waals surface area (Å²) in [5.41, 5.74) is 3.09. The second-order valence-electron chi connectivity index (χ2n) is 4.84. The molecule has 2 amide bonds. The van der Waals surface area contributed by atoms with Gasteiger partial charge < -0.3 is 10.6 Å². The molecule has 104 valence electrons. The maximum absolute atomic E-state index is 12.0. The molecule has 20 heavy (non-hydrogen) atoms. The van der Waals surface area contributed by atoms with Crippen molar-refractivity contribution in [2.75, 3.05) is 5.32 Å². The average Bonchev–Trinajstić information content (AvgIpc) is 2.48. The first kappa shape index (κ1) is 14.1. The van der Waals surface area contributed by atoms with E-state index >= 15 is 0 Å². The molecule has 1 unspecified atom stereocenters. The Morgan fingerprint density at radius 2 is 1.70 bits per heavy atom. The number of nitrogens with one attached hydrogen (secondary N) is 2. The van der Waals surface area contributed by atoms with E-state index in [-0.39, 0.29) is 12.1 Å². The van der Waals surface area contributed by atoms with Crippen LogP contribution in [0.4, 0.5) is 10.5 Å². The van der Waals surface area contributed by atoms with E-state index in [0.717, 1.165) is 17.7 Å². The van der Waals surface area contributed by atoms with Crippen molar-refractivity contribution in [1.82, 2.24) is 5.32 Å². The number of amides is 2. The fourth-order valence-electron chi connectivity index (χ4n) is 2.07. The van der Waals surface area contributed by atoms with Gasteiger partial charge in [0.05, 0.1) is 6.04 Å². The first-order valence-electron chi connectivity index (χ1n) is 6.88. The molecule has 0 aliphatic rings. The highest BCUT2D eigenvalue weighted by Crippen LogP contribution is 2.16. The second-order valence-corrected chi connectivity index (χ2v) is 4.84. The predicted octanol–water partition coefficient (Wildman–Crippen LogP) is 4.27. The van der Waals surface area contributed by atoms with Crippen LogP contribution in [0.5, 0.6) is 0 Å². The van der Waals surface area contributed by atoms with Crippen LogP contribution in [-0.4, -0.2) is 6.03 Å². The van der Waals surface area contributed by atoms with E-state index in [1.165, 1.54) is 5.56 Å². The zero-order valence-electron chi connectivity index (χ0n) is 11.9. The summed E-state index contributed by atoms with van der Waals surface area (Å²) in [7, 11) is 0. The van der Waals surface area contributed by atoms with Crippen molar-refractivity contribution in [3.63, 3.8) is 0 Å². The third-order valence-electron chi connectivity index (χ3n) is 3.22. The summed E-state index contributed by atoms with van der Waals surface area (Å²) < 4.78 is 0. The third-order valence-corrected chi connectivity index (χ3v) is 3.22. The lowest BCUT2D eigenvalue weighted by atomic mass is 10.1. The van der Waals surface area contributed by atoms with Crippen LogP contribution in [0.25, 0.3) is 0 Å². The molecule has 2 aromatic carbocycles. The fraction of sp³-hybridized carbons (Fsp3) is 0.235. The van der Waals surface area contributed by atoms with Gasteiger partial charge >= 0.3 is 6.03 Å². The summed E-state index contributed by atoms with van der Waals surface area (Å²) in [6, 6.07) is 17.6. The van der Waals surface area contributed by atoms with Crippen molar-refractivity contribution in [1.29, 1.82) is 0 Å². The van der Waals surface area contributed by atoms with Crippen LogP contribution in [0.15, 0.2) is 54.6 Å². The van der Waals surface area contributed by atoms with E-state index in [1.54, 1.807) is 0 Å². The minimum atomic E-state index is -0.176. The Labute approximate surface area is 120 Å². The number of carbonyl (C=O) groups is 1. The molecule has 0 bridgehead atoms. The molecule has 0 saturated carbocycles. The summed E-state index contributed by atoms with van der Waals surface area (Å²) >= 11 is 0. The number of hydrogen-bond acceptors (Lipinski definition) is 1. The third kappa shape index (κ3) is 3.85. The normalized spacial score (nSPS) is 11.7. The van der Waals surface area contributed by atoms with Gasteiger partial charge in [0, 0.05) is 5.69 Å². The number of anilines is 1. The average molecular weight is 268 g/mol. The lowest BCUT2D eigenvalue weighted by molar-refractivity contribution is 0.248. The van der Waals surface area contributed by atoms with Gasteiger partial charge in [-0.2, -0.15) is 0 Å². The van der Waals surface area contributed by atoms with E-state index in [2.05, 4.69) is 17.6 Å². The van der Waals surface area contributed by atoms with Gasteiger partial charge in [0.25, 0.3) is 0 Å². The highest BCUT2D eigenvalue weighted by Gasteiger charge is 2.12. The van der Waals surface area contributed by atoms with E-state index in [0.29, 0.717) is 0 Å². The van der Waals surface area contributed by atoms with E-state index in [9.17, 15) is 4.79 Å². The van der Waals surface area contributed by atoms with Crippen LogP contribution >= 0.6 is 0 Å². The van der Waals surface area contributed by atoms with E-state index in [1.807, 2.05) is 61.5 Å². The van der Waals surface area contributed by atoms with Crippen molar-refractivity contribution in [3.05, 3.63) is 65.7 Å². The van der Waals surface area contributed by atoms with Gasteiger partial charge in [-0.3, -0.25) is 0 Å². The fourth-order valence-corrected chi connectivity index (χ4v) is 2.07. The molecule has 2 aromatic rings. The molecule has 0 aromatic heterocycles. The highest BCUT2D eigenvalue weighted by molar-refractivity contribution is 5.89. The largest absolute Gasteiger partial charge is 0.331 e. The van der Waals surface area contributed by atoms with Crippen LogP contribution in [0.3, 0.4) is 0 Å². The summed E-state index contributed by atoms with van der Waals surface area (Å²) in [6.07, 6.45) is 0.853. The molecule has 2 N–H and O–H groups in total. The Morgan fingerprint density at radius 1 is 1.05 bits per heavy atom. The van der Waals surface area contributed by atoms with Crippen LogP contribution in [0.1, 0.15) is 30.5 Å². The molecule has 3 heteroatoms. The molecule has 0 saturated heterocycles. The van der Waals surface area contributed by atoms with Crippen molar-refractivity contribution in [2.24, 2.45) is 0 Å². The Bertz CT molecular complexity index is 549. The maximum atomic E-state index is 12.0. The first-order chi connectivity index (χ1) is 9.69. The van der Waals surface area contributed by atoms with Crippen molar-refractivity contribution >= 4 is 11.7 Å². The topological polar surface area (TPSA) is 41.1 Å². The van der Waals surface area contributed by atoms with Crippen LogP contribution in [0, 0.1) is 6.92 Å².